The summed E-state index contributed by atoms with van der Waals surface area (Å²) in [5.74, 6) is 0.0461. The third-order valence-electron chi connectivity index (χ3n) is 6.67. The SMILES string of the molecule is Cn1nc2c(c1-c1ccc(S(=O)(=O)N3CCN(c4cc(C(F)(F)F)cc(Cl)n4)CC3)cc1)CN(C(N)=O)C2. The second-order valence-electron chi connectivity index (χ2n) is 9.04. The molecule has 2 aromatic heterocycles. The van der Waals surface area contributed by atoms with E-state index in [9.17, 15) is 26.4 Å². The number of aryl methyl sites for hydroxylation is 1. The van der Waals surface area contributed by atoms with E-state index in [4.69, 9.17) is 17.3 Å². The van der Waals surface area contributed by atoms with Gasteiger partial charge in [-0.25, -0.2) is 18.2 Å². The van der Waals surface area contributed by atoms with Gasteiger partial charge in [-0.15, -0.1) is 0 Å². The quantitative estimate of drug-likeness (QED) is 0.483. The lowest BCUT2D eigenvalue weighted by molar-refractivity contribution is -0.137. The second kappa shape index (κ2) is 9.43. The maximum atomic E-state index is 13.3. The summed E-state index contributed by atoms with van der Waals surface area (Å²) >= 11 is 5.80. The number of piperazine rings is 1. The molecule has 0 radical (unpaired) electrons. The van der Waals surface area contributed by atoms with E-state index in [0.29, 0.717) is 13.1 Å². The summed E-state index contributed by atoms with van der Waals surface area (Å²) in [5.41, 5.74) is 7.60. The molecule has 15 heteroatoms. The van der Waals surface area contributed by atoms with Crippen LogP contribution in [0.1, 0.15) is 16.8 Å². The van der Waals surface area contributed by atoms with E-state index < -0.39 is 27.8 Å². The highest BCUT2D eigenvalue weighted by Crippen LogP contribution is 2.34. The molecule has 0 spiro atoms. The van der Waals surface area contributed by atoms with Crippen molar-refractivity contribution in [3.8, 4) is 11.3 Å². The Labute approximate surface area is 221 Å². The van der Waals surface area contributed by atoms with E-state index in [0.717, 1.165) is 34.6 Å². The van der Waals surface area contributed by atoms with Crippen molar-refractivity contribution in [3.63, 3.8) is 0 Å². The molecule has 2 aliphatic rings. The largest absolute Gasteiger partial charge is 0.416 e. The average molecular weight is 570 g/mol. The lowest BCUT2D eigenvalue weighted by Gasteiger charge is -2.35. The number of nitrogens with two attached hydrogens (primary N) is 1. The lowest BCUT2D eigenvalue weighted by Crippen LogP contribution is -2.49. The molecule has 0 bridgehead atoms. The van der Waals surface area contributed by atoms with Crippen molar-refractivity contribution in [2.45, 2.75) is 24.2 Å². The zero-order valence-corrected chi connectivity index (χ0v) is 21.7. The van der Waals surface area contributed by atoms with Gasteiger partial charge in [0.25, 0.3) is 0 Å². The maximum absolute atomic E-state index is 13.3. The molecule has 1 aromatic carbocycles. The number of carbonyl (C=O) groups excluding carboxylic acids is 1. The van der Waals surface area contributed by atoms with Crippen LogP contribution < -0.4 is 10.6 Å². The molecule has 2 N–H and O–H groups in total. The Morgan fingerprint density at radius 1 is 1.05 bits per heavy atom. The van der Waals surface area contributed by atoms with Crippen LogP contribution in [0.5, 0.6) is 0 Å². The zero-order valence-electron chi connectivity index (χ0n) is 20.1. The smallest absolute Gasteiger partial charge is 0.354 e. The normalized spacial score (nSPS) is 16.7. The number of alkyl halides is 3. The topological polar surface area (TPSA) is 118 Å². The predicted molar refractivity (Wildman–Crippen MR) is 133 cm³/mol. The first kappa shape index (κ1) is 26.3. The van der Waals surface area contributed by atoms with Crippen molar-refractivity contribution in [2.24, 2.45) is 12.8 Å². The van der Waals surface area contributed by atoms with Gasteiger partial charge in [-0.1, -0.05) is 23.7 Å². The fourth-order valence-electron chi connectivity index (χ4n) is 4.76. The van der Waals surface area contributed by atoms with Crippen LogP contribution in [0.2, 0.25) is 5.15 Å². The Balaban J connectivity index is 1.31. The number of primary amides is 1. The first-order chi connectivity index (χ1) is 17.8. The van der Waals surface area contributed by atoms with Gasteiger partial charge in [-0.2, -0.15) is 22.6 Å². The van der Waals surface area contributed by atoms with Gasteiger partial charge < -0.3 is 15.5 Å². The van der Waals surface area contributed by atoms with E-state index >= 15 is 0 Å². The molecule has 0 atom stereocenters. The summed E-state index contributed by atoms with van der Waals surface area (Å²) in [6.07, 6.45) is -4.57. The molecular weight excluding hydrogens is 547 g/mol. The van der Waals surface area contributed by atoms with Crippen LogP contribution in [0.25, 0.3) is 11.3 Å². The van der Waals surface area contributed by atoms with Crippen LogP contribution in [0.4, 0.5) is 23.8 Å². The number of nitrogens with zero attached hydrogens (tertiary/aromatic N) is 6. The van der Waals surface area contributed by atoms with Crippen LogP contribution in [0, 0.1) is 0 Å². The highest BCUT2D eigenvalue weighted by molar-refractivity contribution is 7.89. The van der Waals surface area contributed by atoms with Crippen LogP contribution in [-0.4, -0.2) is 64.6 Å². The average Bonchev–Trinajstić information content (AvgIpc) is 3.40. The van der Waals surface area contributed by atoms with Crippen molar-refractivity contribution < 1.29 is 26.4 Å². The summed E-state index contributed by atoms with van der Waals surface area (Å²) in [7, 11) is -2.07. The molecule has 5 rings (SSSR count). The molecule has 202 valence electrons. The van der Waals surface area contributed by atoms with Gasteiger partial charge in [0.15, 0.2) is 0 Å². The number of urea groups is 1. The number of fused-ring (bicyclic) bond motifs is 1. The lowest BCUT2D eigenvalue weighted by atomic mass is 10.1. The minimum Gasteiger partial charge on any atom is -0.354 e. The summed E-state index contributed by atoms with van der Waals surface area (Å²) in [5, 5.41) is 4.18. The molecule has 0 unspecified atom stereocenters. The van der Waals surface area contributed by atoms with Crippen LogP contribution in [0.15, 0.2) is 41.3 Å². The number of amides is 2. The second-order valence-corrected chi connectivity index (χ2v) is 11.4. The number of benzene rings is 1. The van der Waals surface area contributed by atoms with Crippen molar-refractivity contribution in [1.29, 1.82) is 0 Å². The molecule has 1 saturated heterocycles. The van der Waals surface area contributed by atoms with Crippen molar-refractivity contribution in [2.75, 3.05) is 31.1 Å². The molecule has 0 aliphatic carbocycles. The van der Waals surface area contributed by atoms with E-state index in [2.05, 4.69) is 10.1 Å². The molecule has 0 saturated carbocycles. The third kappa shape index (κ3) is 4.78. The molecule has 4 heterocycles. The van der Waals surface area contributed by atoms with Gasteiger partial charge in [0.2, 0.25) is 10.0 Å². The highest BCUT2D eigenvalue weighted by Gasteiger charge is 2.34. The minimum atomic E-state index is -4.57. The highest BCUT2D eigenvalue weighted by atomic mass is 35.5. The fraction of sp³-hybridized carbons (Fsp3) is 0.348. The number of carbonyl (C=O) groups is 1. The fourth-order valence-corrected chi connectivity index (χ4v) is 6.39. The standard InChI is InChI=1S/C23H23ClF3N7O3S/c1-31-21(17-12-33(22(28)35)13-18(17)30-31)14-2-4-16(5-3-14)38(36,37)34-8-6-32(7-9-34)20-11-15(23(25,26)27)10-19(24)29-20/h2-5,10-11H,6-9,12-13H2,1H3,(H2,28,35). The number of anilines is 1. The third-order valence-corrected chi connectivity index (χ3v) is 8.77. The van der Waals surface area contributed by atoms with E-state index in [1.165, 1.54) is 21.3 Å². The molecule has 1 fully saturated rings. The molecule has 38 heavy (non-hydrogen) atoms. The number of hydrogen-bond donors (Lipinski definition) is 1. The van der Waals surface area contributed by atoms with Gasteiger partial charge in [0.05, 0.1) is 34.9 Å². The van der Waals surface area contributed by atoms with E-state index in [1.54, 1.807) is 28.8 Å². The summed E-state index contributed by atoms with van der Waals surface area (Å²) in [6, 6.07) is 7.50. The predicted octanol–water partition coefficient (Wildman–Crippen LogP) is 3.06. The molecular formula is C23H23ClF3N7O3S. The van der Waals surface area contributed by atoms with Gasteiger partial charge >= 0.3 is 12.2 Å². The number of hydrogen-bond acceptors (Lipinski definition) is 6. The molecule has 2 amide bonds. The Morgan fingerprint density at radius 2 is 1.71 bits per heavy atom. The van der Waals surface area contributed by atoms with Crippen LogP contribution in [-0.2, 0) is 36.3 Å². The summed E-state index contributed by atoms with van der Waals surface area (Å²) in [6.45, 7) is 1.08. The van der Waals surface area contributed by atoms with Crippen molar-refractivity contribution in [1.82, 2.24) is 24.0 Å². The van der Waals surface area contributed by atoms with Crippen LogP contribution in [0.3, 0.4) is 0 Å². The molecule has 2 aliphatic heterocycles. The first-order valence-electron chi connectivity index (χ1n) is 11.5. The number of pyridine rings is 1. The summed E-state index contributed by atoms with van der Waals surface area (Å²) in [4.78, 5) is 18.7. The molecule has 10 nitrogen and oxygen atoms in total. The molecule has 3 aromatic rings. The number of sulfonamides is 1. The van der Waals surface area contributed by atoms with Crippen molar-refractivity contribution >= 4 is 33.5 Å². The first-order valence-corrected chi connectivity index (χ1v) is 13.4. The Bertz CT molecular complexity index is 1500. The van der Waals surface area contributed by atoms with Gasteiger partial charge in [0.1, 0.15) is 11.0 Å². The van der Waals surface area contributed by atoms with E-state index in [-0.39, 0.29) is 42.0 Å². The minimum absolute atomic E-state index is 0.0461. The summed E-state index contributed by atoms with van der Waals surface area (Å²) < 4.78 is 69.0. The Hall–Kier alpha value is -3.36. The number of halogens is 4. The van der Waals surface area contributed by atoms with Gasteiger partial charge in [-0.05, 0) is 24.3 Å². The number of rotatable bonds is 4. The zero-order chi connectivity index (χ0) is 27.4. The van der Waals surface area contributed by atoms with Gasteiger partial charge in [-0.3, -0.25) is 4.68 Å². The van der Waals surface area contributed by atoms with E-state index in [1.807, 2.05) is 0 Å². The van der Waals surface area contributed by atoms with Gasteiger partial charge in [0, 0.05) is 44.4 Å². The number of aromatic nitrogens is 3. The Kier molecular flexibility index (Phi) is 6.52. The monoisotopic (exact) mass is 569 g/mol. The van der Waals surface area contributed by atoms with Crippen LogP contribution >= 0.6 is 11.6 Å². The van der Waals surface area contributed by atoms with Crippen molar-refractivity contribution in [3.05, 3.63) is 58.4 Å². The Morgan fingerprint density at radius 3 is 2.32 bits per heavy atom. The maximum Gasteiger partial charge on any atom is 0.416 e.